The van der Waals surface area contributed by atoms with Crippen molar-refractivity contribution in [2.75, 3.05) is 17.2 Å². The van der Waals surface area contributed by atoms with Crippen LogP contribution in [0.15, 0.2) is 28.9 Å². The number of furan rings is 1. The maximum absolute atomic E-state index is 5.34. The molecule has 0 saturated heterocycles. The Kier molecular flexibility index (Phi) is 4.39. The van der Waals surface area contributed by atoms with Crippen LogP contribution in [0.2, 0.25) is 0 Å². The Bertz CT molecular complexity index is 510. The largest absolute Gasteiger partial charge is 0.469 e. The van der Waals surface area contributed by atoms with E-state index in [1.54, 1.807) is 6.26 Å². The van der Waals surface area contributed by atoms with Crippen LogP contribution in [0.25, 0.3) is 0 Å². The molecule has 0 saturated carbocycles. The van der Waals surface area contributed by atoms with Gasteiger partial charge in [-0.15, -0.1) is 0 Å². The Morgan fingerprint density at radius 3 is 2.79 bits per heavy atom. The summed E-state index contributed by atoms with van der Waals surface area (Å²) in [6.45, 7) is 6.89. The molecule has 5 heteroatoms. The van der Waals surface area contributed by atoms with Gasteiger partial charge in [0.1, 0.15) is 23.2 Å². The van der Waals surface area contributed by atoms with Crippen LogP contribution in [0.1, 0.15) is 25.4 Å². The maximum Gasteiger partial charge on any atom is 0.132 e. The minimum Gasteiger partial charge on any atom is -0.469 e. The molecule has 0 aliphatic carbocycles. The van der Waals surface area contributed by atoms with E-state index in [1.165, 1.54) is 0 Å². The van der Waals surface area contributed by atoms with E-state index in [9.17, 15) is 0 Å². The van der Waals surface area contributed by atoms with Gasteiger partial charge >= 0.3 is 0 Å². The van der Waals surface area contributed by atoms with E-state index in [1.807, 2.05) is 32.0 Å². The van der Waals surface area contributed by atoms with E-state index in [0.29, 0.717) is 0 Å². The van der Waals surface area contributed by atoms with Crippen molar-refractivity contribution in [3.63, 3.8) is 0 Å². The number of hydrogen-bond acceptors (Lipinski definition) is 5. The lowest BCUT2D eigenvalue weighted by molar-refractivity contribution is 0.497. The Morgan fingerprint density at radius 2 is 2.11 bits per heavy atom. The van der Waals surface area contributed by atoms with Crippen LogP contribution in [-0.2, 0) is 6.42 Å². The molecule has 2 heterocycles. The summed E-state index contributed by atoms with van der Waals surface area (Å²) in [5.74, 6) is 3.41. The molecule has 0 aromatic carbocycles. The third kappa shape index (κ3) is 3.98. The molecule has 5 nitrogen and oxygen atoms in total. The Hall–Kier alpha value is -2.04. The quantitative estimate of drug-likeness (QED) is 0.836. The molecule has 2 N–H and O–H groups in total. The normalized spacial score (nSPS) is 12.2. The van der Waals surface area contributed by atoms with E-state index in [-0.39, 0.29) is 6.04 Å². The molecule has 0 amide bonds. The van der Waals surface area contributed by atoms with Gasteiger partial charge in [0, 0.05) is 25.1 Å². The van der Waals surface area contributed by atoms with E-state index >= 15 is 0 Å². The highest BCUT2D eigenvalue weighted by Gasteiger charge is 2.08. The minimum atomic E-state index is 0.245. The van der Waals surface area contributed by atoms with E-state index in [0.717, 1.165) is 36.2 Å². The zero-order valence-corrected chi connectivity index (χ0v) is 11.6. The molecule has 2 rings (SSSR count). The van der Waals surface area contributed by atoms with Crippen molar-refractivity contribution in [3.05, 3.63) is 36.0 Å². The molecule has 0 bridgehead atoms. The second-order valence-electron chi connectivity index (χ2n) is 4.54. The van der Waals surface area contributed by atoms with Gasteiger partial charge in [0.15, 0.2) is 0 Å². The SMILES string of the molecule is CCNc1cc(NC(C)Cc2ccco2)nc(C)n1. The van der Waals surface area contributed by atoms with Crippen LogP contribution < -0.4 is 10.6 Å². The summed E-state index contributed by atoms with van der Waals surface area (Å²) in [7, 11) is 0. The zero-order valence-electron chi connectivity index (χ0n) is 11.6. The van der Waals surface area contributed by atoms with Crippen molar-refractivity contribution in [2.24, 2.45) is 0 Å². The monoisotopic (exact) mass is 260 g/mol. The number of anilines is 2. The van der Waals surface area contributed by atoms with Gasteiger partial charge in [-0.1, -0.05) is 0 Å². The lowest BCUT2D eigenvalue weighted by Crippen LogP contribution is -2.19. The summed E-state index contributed by atoms with van der Waals surface area (Å²) in [6, 6.07) is 6.05. The summed E-state index contributed by atoms with van der Waals surface area (Å²) in [5, 5.41) is 6.57. The predicted molar refractivity (Wildman–Crippen MR) is 76.4 cm³/mol. The Labute approximate surface area is 113 Å². The second kappa shape index (κ2) is 6.22. The van der Waals surface area contributed by atoms with Gasteiger partial charge < -0.3 is 15.1 Å². The Morgan fingerprint density at radius 1 is 1.32 bits per heavy atom. The van der Waals surface area contributed by atoms with Gasteiger partial charge in [-0.3, -0.25) is 0 Å². The highest BCUT2D eigenvalue weighted by atomic mass is 16.3. The molecular formula is C14H20N4O. The van der Waals surface area contributed by atoms with Crippen LogP contribution in [0.5, 0.6) is 0 Å². The lowest BCUT2D eigenvalue weighted by atomic mass is 10.2. The molecule has 1 unspecified atom stereocenters. The molecule has 19 heavy (non-hydrogen) atoms. The van der Waals surface area contributed by atoms with E-state index < -0.39 is 0 Å². The van der Waals surface area contributed by atoms with Gasteiger partial charge in [0.05, 0.1) is 6.26 Å². The molecular weight excluding hydrogens is 240 g/mol. The number of aryl methyl sites for hydroxylation is 1. The average molecular weight is 260 g/mol. The number of aromatic nitrogens is 2. The lowest BCUT2D eigenvalue weighted by Gasteiger charge is -2.14. The topological polar surface area (TPSA) is 63.0 Å². The molecule has 2 aromatic heterocycles. The van der Waals surface area contributed by atoms with Gasteiger partial charge in [-0.25, -0.2) is 9.97 Å². The van der Waals surface area contributed by atoms with Gasteiger partial charge in [-0.05, 0) is 32.9 Å². The zero-order chi connectivity index (χ0) is 13.7. The highest BCUT2D eigenvalue weighted by molar-refractivity contribution is 5.47. The van der Waals surface area contributed by atoms with E-state index in [4.69, 9.17) is 4.42 Å². The highest BCUT2D eigenvalue weighted by Crippen LogP contribution is 2.13. The van der Waals surface area contributed by atoms with Crippen LogP contribution in [0, 0.1) is 6.92 Å². The minimum absolute atomic E-state index is 0.245. The van der Waals surface area contributed by atoms with E-state index in [2.05, 4.69) is 27.5 Å². The maximum atomic E-state index is 5.34. The number of rotatable bonds is 6. The van der Waals surface area contributed by atoms with Crippen LogP contribution in [0.3, 0.4) is 0 Å². The first kappa shape index (κ1) is 13.4. The second-order valence-corrected chi connectivity index (χ2v) is 4.54. The molecule has 2 aromatic rings. The van der Waals surface area contributed by atoms with Gasteiger partial charge in [-0.2, -0.15) is 0 Å². The molecule has 0 radical (unpaired) electrons. The molecule has 102 valence electrons. The fraction of sp³-hybridized carbons (Fsp3) is 0.429. The van der Waals surface area contributed by atoms with Crippen LogP contribution in [0.4, 0.5) is 11.6 Å². The number of hydrogen-bond donors (Lipinski definition) is 2. The van der Waals surface area contributed by atoms with Crippen LogP contribution >= 0.6 is 0 Å². The molecule has 0 aliphatic rings. The first-order valence-electron chi connectivity index (χ1n) is 6.56. The summed E-state index contributed by atoms with van der Waals surface area (Å²) in [6.07, 6.45) is 2.52. The van der Waals surface area contributed by atoms with Crippen molar-refractivity contribution < 1.29 is 4.42 Å². The average Bonchev–Trinajstić information content (AvgIpc) is 2.81. The molecule has 0 spiro atoms. The van der Waals surface area contributed by atoms with Gasteiger partial charge in [0.25, 0.3) is 0 Å². The third-order valence-electron chi connectivity index (χ3n) is 2.68. The number of nitrogens with one attached hydrogen (secondary N) is 2. The summed E-state index contributed by atoms with van der Waals surface area (Å²) < 4.78 is 5.34. The third-order valence-corrected chi connectivity index (χ3v) is 2.68. The smallest absolute Gasteiger partial charge is 0.132 e. The fourth-order valence-corrected chi connectivity index (χ4v) is 1.95. The standard InChI is InChI=1S/C14H20N4O/c1-4-15-13-9-14(18-11(3)17-13)16-10(2)8-12-6-5-7-19-12/h5-7,9-10H,4,8H2,1-3H3,(H2,15,16,17,18). The first-order chi connectivity index (χ1) is 9.17. The molecule has 0 aliphatic heterocycles. The summed E-state index contributed by atoms with van der Waals surface area (Å²) in [5.41, 5.74) is 0. The molecule has 0 fully saturated rings. The fourth-order valence-electron chi connectivity index (χ4n) is 1.95. The summed E-state index contributed by atoms with van der Waals surface area (Å²) >= 11 is 0. The van der Waals surface area contributed by atoms with Crippen LogP contribution in [-0.4, -0.2) is 22.6 Å². The van der Waals surface area contributed by atoms with Crippen molar-refractivity contribution in [1.82, 2.24) is 9.97 Å². The Balaban J connectivity index is 2.01. The van der Waals surface area contributed by atoms with Crippen molar-refractivity contribution in [1.29, 1.82) is 0 Å². The van der Waals surface area contributed by atoms with Crippen molar-refractivity contribution in [3.8, 4) is 0 Å². The molecule has 1 atom stereocenters. The van der Waals surface area contributed by atoms with Crippen molar-refractivity contribution in [2.45, 2.75) is 33.2 Å². The first-order valence-corrected chi connectivity index (χ1v) is 6.56. The summed E-state index contributed by atoms with van der Waals surface area (Å²) in [4.78, 5) is 8.72. The predicted octanol–water partition coefficient (Wildman–Crippen LogP) is 2.85. The number of nitrogens with zero attached hydrogens (tertiary/aromatic N) is 2. The van der Waals surface area contributed by atoms with Crippen molar-refractivity contribution >= 4 is 11.6 Å². The van der Waals surface area contributed by atoms with Gasteiger partial charge in [0.2, 0.25) is 0 Å².